The van der Waals surface area contributed by atoms with E-state index in [0.29, 0.717) is 6.42 Å². The highest BCUT2D eigenvalue weighted by molar-refractivity contribution is 5.71. The van der Waals surface area contributed by atoms with Gasteiger partial charge in [-0.15, -0.1) is 0 Å². The topological polar surface area (TPSA) is 49.8 Å². The molecule has 2 aliphatic rings. The van der Waals surface area contributed by atoms with E-state index in [4.69, 9.17) is 4.74 Å². The van der Waals surface area contributed by atoms with E-state index < -0.39 is 12.2 Å². The van der Waals surface area contributed by atoms with Crippen molar-refractivity contribution in [2.45, 2.75) is 56.9 Å². The van der Waals surface area contributed by atoms with Crippen molar-refractivity contribution in [2.24, 2.45) is 0 Å². The molecule has 0 amide bonds. The van der Waals surface area contributed by atoms with Crippen LogP contribution in [0.15, 0.2) is 60.7 Å². The molecule has 0 aromatic heterocycles. The predicted octanol–water partition coefficient (Wildman–Crippen LogP) is 4.18. The summed E-state index contributed by atoms with van der Waals surface area (Å²) >= 11 is 0. The molecule has 0 bridgehead atoms. The van der Waals surface area contributed by atoms with E-state index in [2.05, 4.69) is 37.0 Å². The highest BCUT2D eigenvalue weighted by Crippen LogP contribution is 2.46. The number of carbonyl (C=O) groups excluding carboxylic acids is 1. The number of anilines is 1. The third kappa shape index (κ3) is 3.92. The molecule has 5 heteroatoms. The molecule has 4 nitrogen and oxygen atoms in total. The summed E-state index contributed by atoms with van der Waals surface area (Å²) in [7, 11) is 0. The minimum atomic E-state index is -0.666. The van der Waals surface area contributed by atoms with Crippen molar-refractivity contribution < 1.29 is 19.0 Å². The fourth-order valence-electron chi connectivity index (χ4n) is 4.53. The van der Waals surface area contributed by atoms with Crippen LogP contribution in [-0.4, -0.2) is 35.4 Å². The molecule has 4 rings (SSSR count). The molecule has 0 aliphatic carbocycles. The minimum Gasteiger partial charge on any atom is -0.458 e. The largest absolute Gasteiger partial charge is 0.458 e. The van der Waals surface area contributed by atoms with Crippen LogP contribution in [0, 0.1) is 5.82 Å². The first-order valence-corrected chi connectivity index (χ1v) is 10.1. The van der Waals surface area contributed by atoms with Crippen LogP contribution < -0.4 is 4.90 Å². The Morgan fingerprint density at radius 2 is 1.86 bits per heavy atom. The number of cyclic esters (lactones) is 1. The number of benzene rings is 2. The van der Waals surface area contributed by atoms with Crippen LogP contribution in [0.2, 0.25) is 0 Å². The molecular weight excluding hydrogens is 369 g/mol. The number of aliphatic hydroxyl groups excluding tert-OH is 1. The standard InChI is InChI=1S/C24H26FNO3/c1-15(2)26-21-6-4-3-5-20(21)24(16-7-9-17(25)10-8-16)22(26)12-11-19-13-18(27)14-23(28)29-19/h3-12,15,18-19,22,24,27H,13-14H2,1-2H3/b12-11+/t18?,19-,22?,24?/m1/s1. The Morgan fingerprint density at radius 3 is 2.55 bits per heavy atom. The van der Waals surface area contributed by atoms with Crippen molar-refractivity contribution in [3.05, 3.63) is 77.6 Å². The molecule has 1 saturated heterocycles. The Morgan fingerprint density at radius 1 is 1.14 bits per heavy atom. The van der Waals surface area contributed by atoms with Gasteiger partial charge in [-0.05, 0) is 49.2 Å². The SMILES string of the molecule is CC(C)N1c2ccccc2C(c2ccc(F)cc2)C1/C=C/[C@@H]1CC(O)CC(=O)O1. The van der Waals surface area contributed by atoms with Crippen molar-refractivity contribution in [3.8, 4) is 0 Å². The molecule has 2 heterocycles. The Balaban J connectivity index is 1.72. The van der Waals surface area contributed by atoms with Gasteiger partial charge in [0.15, 0.2) is 0 Å². The zero-order valence-corrected chi connectivity index (χ0v) is 16.7. The molecule has 1 N–H and O–H groups in total. The van der Waals surface area contributed by atoms with Crippen LogP contribution in [0.25, 0.3) is 0 Å². The van der Waals surface area contributed by atoms with Crippen LogP contribution in [0.5, 0.6) is 0 Å². The average molecular weight is 395 g/mol. The van der Waals surface area contributed by atoms with E-state index in [1.165, 1.54) is 17.7 Å². The third-order valence-corrected chi connectivity index (χ3v) is 5.71. The number of carbonyl (C=O) groups is 1. The van der Waals surface area contributed by atoms with E-state index in [-0.39, 0.29) is 36.2 Å². The summed E-state index contributed by atoms with van der Waals surface area (Å²) in [4.78, 5) is 14.0. The Hall–Kier alpha value is -2.66. The zero-order chi connectivity index (χ0) is 20.5. The summed E-state index contributed by atoms with van der Waals surface area (Å²) in [6.07, 6.45) is 3.33. The van der Waals surface area contributed by atoms with E-state index in [0.717, 1.165) is 11.3 Å². The summed E-state index contributed by atoms with van der Waals surface area (Å²) in [6, 6.07) is 15.2. The fourth-order valence-corrected chi connectivity index (χ4v) is 4.53. The van der Waals surface area contributed by atoms with Gasteiger partial charge in [0.2, 0.25) is 0 Å². The normalized spacial score (nSPS) is 26.8. The summed E-state index contributed by atoms with van der Waals surface area (Å²) in [6.45, 7) is 4.30. The molecule has 2 aromatic carbocycles. The lowest BCUT2D eigenvalue weighted by Gasteiger charge is -2.33. The van der Waals surface area contributed by atoms with Crippen molar-refractivity contribution in [1.82, 2.24) is 0 Å². The first-order valence-electron chi connectivity index (χ1n) is 10.1. The van der Waals surface area contributed by atoms with Crippen LogP contribution in [-0.2, 0) is 9.53 Å². The second-order valence-electron chi connectivity index (χ2n) is 8.09. The van der Waals surface area contributed by atoms with Gasteiger partial charge in [-0.2, -0.15) is 0 Å². The molecule has 4 atom stereocenters. The molecule has 1 fully saturated rings. The molecule has 2 aliphatic heterocycles. The highest BCUT2D eigenvalue weighted by Gasteiger charge is 2.39. The van der Waals surface area contributed by atoms with Gasteiger partial charge in [0.25, 0.3) is 0 Å². The summed E-state index contributed by atoms with van der Waals surface area (Å²) in [5.41, 5.74) is 3.40. The van der Waals surface area contributed by atoms with Crippen LogP contribution in [0.4, 0.5) is 10.1 Å². The third-order valence-electron chi connectivity index (χ3n) is 5.71. The quantitative estimate of drug-likeness (QED) is 0.623. The molecule has 3 unspecified atom stereocenters. The Bertz CT molecular complexity index is 909. The number of rotatable bonds is 4. The maximum absolute atomic E-state index is 13.5. The van der Waals surface area contributed by atoms with Crippen molar-refractivity contribution in [1.29, 1.82) is 0 Å². The predicted molar refractivity (Wildman–Crippen MR) is 110 cm³/mol. The molecule has 29 heavy (non-hydrogen) atoms. The molecule has 0 radical (unpaired) electrons. The number of esters is 1. The molecular formula is C24H26FNO3. The number of fused-ring (bicyclic) bond motifs is 1. The maximum Gasteiger partial charge on any atom is 0.309 e. The van der Waals surface area contributed by atoms with Crippen LogP contribution >= 0.6 is 0 Å². The first kappa shape index (κ1) is 19.6. The second kappa shape index (κ2) is 7.99. The van der Waals surface area contributed by atoms with E-state index in [1.807, 2.05) is 30.3 Å². The summed E-state index contributed by atoms with van der Waals surface area (Å²) in [5, 5.41) is 9.90. The summed E-state index contributed by atoms with van der Waals surface area (Å²) in [5.74, 6) is -0.588. The number of hydrogen-bond acceptors (Lipinski definition) is 4. The molecule has 0 saturated carbocycles. The van der Waals surface area contributed by atoms with Gasteiger partial charge in [-0.25, -0.2) is 4.39 Å². The lowest BCUT2D eigenvalue weighted by Crippen LogP contribution is -2.39. The Kier molecular flexibility index (Phi) is 5.41. The summed E-state index contributed by atoms with van der Waals surface area (Å²) < 4.78 is 18.9. The fraction of sp³-hybridized carbons (Fsp3) is 0.375. The first-order chi connectivity index (χ1) is 13.9. The molecule has 2 aromatic rings. The van der Waals surface area contributed by atoms with Gasteiger partial charge in [0, 0.05) is 24.1 Å². The van der Waals surface area contributed by atoms with E-state index in [1.54, 1.807) is 0 Å². The number of hydrogen-bond donors (Lipinski definition) is 1. The van der Waals surface area contributed by atoms with Gasteiger partial charge in [-0.1, -0.05) is 36.4 Å². The van der Waals surface area contributed by atoms with Gasteiger partial charge in [0.1, 0.15) is 11.9 Å². The van der Waals surface area contributed by atoms with Crippen molar-refractivity contribution in [2.75, 3.05) is 4.90 Å². The van der Waals surface area contributed by atoms with Crippen molar-refractivity contribution in [3.63, 3.8) is 0 Å². The molecule has 152 valence electrons. The van der Waals surface area contributed by atoms with E-state index >= 15 is 0 Å². The van der Waals surface area contributed by atoms with Gasteiger partial charge in [0.05, 0.1) is 18.6 Å². The number of aliphatic hydroxyl groups is 1. The van der Waals surface area contributed by atoms with Gasteiger partial charge >= 0.3 is 5.97 Å². The number of para-hydroxylation sites is 1. The van der Waals surface area contributed by atoms with Gasteiger partial charge in [-0.3, -0.25) is 4.79 Å². The lowest BCUT2D eigenvalue weighted by atomic mass is 9.87. The second-order valence-corrected chi connectivity index (χ2v) is 8.09. The lowest BCUT2D eigenvalue weighted by molar-refractivity contribution is -0.156. The van der Waals surface area contributed by atoms with E-state index in [9.17, 15) is 14.3 Å². The smallest absolute Gasteiger partial charge is 0.309 e. The monoisotopic (exact) mass is 395 g/mol. The highest BCUT2D eigenvalue weighted by atomic mass is 19.1. The Labute approximate surface area is 170 Å². The molecule has 0 spiro atoms. The zero-order valence-electron chi connectivity index (χ0n) is 16.7. The number of nitrogens with zero attached hydrogens (tertiary/aromatic N) is 1. The van der Waals surface area contributed by atoms with Crippen LogP contribution in [0.1, 0.15) is 43.7 Å². The average Bonchev–Trinajstić information content (AvgIpc) is 3.00. The number of ether oxygens (including phenoxy) is 1. The maximum atomic E-state index is 13.5. The van der Waals surface area contributed by atoms with Crippen molar-refractivity contribution >= 4 is 11.7 Å². The van der Waals surface area contributed by atoms with Gasteiger partial charge < -0.3 is 14.7 Å². The van der Waals surface area contributed by atoms with Crippen LogP contribution in [0.3, 0.4) is 0 Å². The number of halogens is 1. The minimum absolute atomic E-state index is 0.00404.